The van der Waals surface area contributed by atoms with Gasteiger partial charge in [-0.3, -0.25) is 4.57 Å². The Balaban J connectivity index is 4.46. The van der Waals surface area contributed by atoms with E-state index in [4.69, 9.17) is 9.05 Å². The zero-order valence-electron chi connectivity index (χ0n) is 10.9. The highest BCUT2D eigenvalue weighted by Crippen LogP contribution is 2.49. The van der Waals surface area contributed by atoms with Crippen LogP contribution < -0.4 is 0 Å². The van der Waals surface area contributed by atoms with Crippen LogP contribution in [0.15, 0.2) is 23.7 Å². The number of allylic oxidation sites excluding steroid dienone is 2. The van der Waals surface area contributed by atoms with Crippen molar-refractivity contribution in [2.45, 2.75) is 33.5 Å². The van der Waals surface area contributed by atoms with Crippen molar-refractivity contribution in [3.8, 4) is 0 Å². The number of hydrogen-bond donors (Lipinski definition) is 0. The van der Waals surface area contributed by atoms with E-state index in [1.807, 2.05) is 6.08 Å². The van der Waals surface area contributed by atoms with Gasteiger partial charge in [-0.2, -0.15) is 0 Å². The summed E-state index contributed by atoms with van der Waals surface area (Å²) in [6, 6.07) is 0. The molecule has 0 atom stereocenters. The van der Waals surface area contributed by atoms with Crippen LogP contribution >= 0.6 is 7.60 Å². The van der Waals surface area contributed by atoms with E-state index in [9.17, 15) is 4.57 Å². The molecule has 0 spiro atoms. The van der Waals surface area contributed by atoms with Gasteiger partial charge in [0, 0.05) is 5.82 Å². The maximum atomic E-state index is 12.0. The van der Waals surface area contributed by atoms with E-state index in [1.165, 1.54) is 5.82 Å². The molecule has 0 aliphatic rings. The molecule has 0 aromatic heterocycles. The highest BCUT2D eigenvalue weighted by atomic mass is 31.2. The molecule has 0 radical (unpaired) electrons. The fraction of sp³-hybridized carbons (Fsp3) is 0.636. The van der Waals surface area contributed by atoms with E-state index >= 15 is 0 Å². The molecule has 0 heterocycles. The lowest BCUT2D eigenvalue weighted by Crippen LogP contribution is -2.14. The SMILES string of the molecule is CCOP(=O)(/C=C\C=C\[Si](C)(C)C)OCC. The van der Waals surface area contributed by atoms with Crippen LogP contribution in [0.2, 0.25) is 19.6 Å². The molecule has 0 N–H and O–H groups in total. The first kappa shape index (κ1) is 15.8. The molecule has 0 saturated carbocycles. The normalized spacial score (nSPS) is 14.1. The first-order valence-corrected chi connectivity index (χ1v) is 10.8. The fourth-order valence-corrected chi connectivity index (χ4v) is 2.95. The van der Waals surface area contributed by atoms with E-state index < -0.39 is 15.7 Å². The average molecular weight is 262 g/mol. The molecule has 0 aliphatic heterocycles. The molecule has 0 fully saturated rings. The summed E-state index contributed by atoms with van der Waals surface area (Å²) in [5.41, 5.74) is 2.17. The van der Waals surface area contributed by atoms with Gasteiger partial charge in [0.15, 0.2) is 0 Å². The minimum Gasteiger partial charge on any atom is -0.306 e. The quantitative estimate of drug-likeness (QED) is 0.392. The van der Waals surface area contributed by atoms with Crippen LogP contribution in [-0.4, -0.2) is 21.3 Å². The van der Waals surface area contributed by atoms with Gasteiger partial charge in [-0.1, -0.05) is 37.5 Å². The van der Waals surface area contributed by atoms with Crippen molar-refractivity contribution >= 4 is 15.7 Å². The van der Waals surface area contributed by atoms with Crippen LogP contribution in [0.25, 0.3) is 0 Å². The van der Waals surface area contributed by atoms with E-state index in [0.717, 1.165) is 0 Å². The number of hydrogen-bond acceptors (Lipinski definition) is 3. The lowest BCUT2D eigenvalue weighted by atomic mass is 10.6. The zero-order valence-corrected chi connectivity index (χ0v) is 12.8. The molecule has 0 aromatic rings. The van der Waals surface area contributed by atoms with Gasteiger partial charge >= 0.3 is 7.60 Å². The molecule has 16 heavy (non-hydrogen) atoms. The standard InChI is InChI=1S/C11H23O3PSi/c1-6-13-15(12,14-7-2)10-8-9-11-16(3,4)5/h8-11H,6-7H2,1-5H3/b10-8-,11-9+. The topological polar surface area (TPSA) is 35.5 Å². The molecule has 0 bridgehead atoms. The Morgan fingerprint density at radius 1 is 1.06 bits per heavy atom. The molecule has 5 heteroatoms. The predicted octanol–water partition coefficient (Wildman–Crippen LogP) is 4.20. The maximum Gasteiger partial charge on any atom is 0.354 e. The Morgan fingerprint density at radius 3 is 1.94 bits per heavy atom. The average Bonchev–Trinajstić information content (AvgIpc) is 2.12. The molecule has 0 rings (SSSR count). The van der Waals surface area contributed by atoms with Crippen molar-refractivity contribution in [2.75, 3.05) is 13.2 Å². The van der Waals surface area contributed by atoms with Crippen LogP contribution in [0.4, 0.5) is 0 Å². The maximum absolute atomic E-state index is 12.0. The summed E-state index contributed by atoms with van der Waals surface area (Å²) in [6.07, 6.45) is 3.68. The highest BCUT2D eigenvalue weighted by Gasteiger charge is 2.18. The molecular weight excluding hydrogens is 239 g/mol. The highest BCUT2D eigenvalue weighted by molar-refractivity contribution is 7.57. The van der Waals surface area contributed by atoms with E-state index in [1.54, 1.807) is 19.9 Å². The molecule has 94 valence electrons. The molecule has 0 amide bonds. The van der Waals surface area contributed by atoms with Gasteiger partial charge in [0.2, 0.25) is 0 Å². The zero-order chi connectivity index (χ0) is 12.7. The van der Waals surface area contributed by atoms with Crippen molar-refractivity contribution in [1.29, 1.82) is 0 Å². The van der Waals surface area contributed by atoms with Gasteiger partial charge in [-0.25, -0.2) is 0 Å². The smallest absolute Gasteiger partial charge is 0.306 e. The van der Waals surface area contributed by atoms with Gasteiger partial charge in [0.05, 0.1) is 21.3 Å². The first-order valence-electron chi connectivity index (χ1n) is 5.59. The third kappa shape index (κ3) is 8.05. The molecular formula is C11H23O3PSi. The fourth-order valence-electron chi connectivity index (χ4n) is 0.983. The molecule has 0 saturated heterocycles. The molecule has 0 aliphatic carbocycles. The second-order valence-electron chi connectivity index (χ2n) is 4.44. The van der Waals surface area contributed by atoms with Gasteiger partial charge in [-0.05, 0) is 13.8 Å². The summed E-state index contributed by atoms with van der Waals surface area (Å²) in [5, 5.41) is 0. The second kappa shape index (κ2) is 7.23. The van der Waals surface area contributed by atoms with E-state index in [2.05, 4.69) is 25.3 Å². The van der Waals surface area contributed by atoms with Crippen LogP contribution in [0.3, 0.4) is 0 Å². The van der Waals surface area contributed by atoms with Crippen LogP contribution in [0.1, 0.15) is 13.8 Å². The molecule has 3 nitrogen and oxygen atoms in total. The van der Waals surface area contributed by atoms with Crippen molar-refractivity contribution in [3.05, 3.63) is 23.7 Å². The summed E-state index contributed by atoms with van der Waals surface area (Å²) >= 11 is 0. The summed E-state index contributed by atoms with van der Waals surface area (Å²) in [7, 11) is -4.21. The summed E-state index contributed by atoms with van der Waals surface area (Å²) < 4.78 is 22.2. The van der Waals surface area contributed by atoms with Crippen LogP contribution in [-0.2, 0) is 13.6 Å². The monoisotopic (exact) mass is 262 g/mol. The largest absolute Gasteiger partial charge is 0.354 e. The number of rotatable bonds is 7. The van der Waals surface area contributed by atoms with Crippen molar-refractivity contribution in [3.63, 3.8) is 0 Å². The van der Waals surface area contributed by atoms with Crippen molar-refractivity contribution < 1.29 is 13.6 Å². The lowest BCUT2D eigenvalue weighted by Gasteiger charge is -2.12. The lowest BCUT2D eigenvalue weighted by molar-refractivity contribution is 0.229. The van der Waals surface area contributed by atoms with Gasteiger partial charge in [0.1, 0.15) is 0 Å². The van der Waals surface area contributed by atoms with Gasteiger partial charge in [0.25, 0.3) is 0 Å². The van der Waals surface area contributed by atoms with Gasteiger partial charge in [-0.15, -0.1) is 0 Å². The van der Waals surface area contributed by atoms with E-state index in [0.29, 0.717) is 13.2 Å². The minimum atomic E-state index is -3.02. The van der Waals surface area contributed by atoms with Gasteiger partial charge < -0.3 is 9.05 Å². The summed E-state index contributed by atoms with van der Waals surface area (Å²) in [5.74, 6) is 1.52. The summed E-state index contributed by atoms with van der Waals surface area (Å²) in [6.45, 7) is 11.1. The van der Waals surface area contributed by atoms with Crippen molar-refractivity contribution in [2.24, 2.45) is 0 Å². The second-order valence-corrected chi connectivity index (χ2v) is 11.4. The Bertz CT molecular complexity index is 282. The Labute approximate surface area is 100 Å². The Kier molecular flexibility index (Phi) is 7.16. The first-order chi connectivity index (χ1) is 7.33. The minimum absolute atomic E-state index is 0.388. The molecule has 0 unspecified atom stereocenters. The summed E-state index contributed by atoms with van der Waals surface area (Å²) in [4.78, 5) is 0. The van der Waals surface area contributed by atoms with Crippen LogP contribution in [0, 0.1) is 0 Å². The van der Waals surface area contributed by atoms with E-state index in [-0.39, 0.29) is 0 Å². The Hall–Kier alpha value is -0.153. The predicted molar refractivity (Wildman–Crippen MR) is 72.5 cm³/mol. The Morgan fingerprint density at radius 2 is 1.56 bits per heavy atom. The third-order valence-electron chi connectivity index (χ3n) is 1.59. The molecule has 0 aromatic carbocycles. The van der Waals surface area contributed by atoms with Crippen LogP contribution in [0.5, 0.6) is 0 Å². The third-order valence-corrected chi connectivity index (χ3v) is 4.56. The van der Waals surface area contributed by atoms with Crippen molar-refractivity contribution in [1.82, 2.24) is 0 Å².